The minimum atomic E-state index is -4.50. The Bertz CT molecular complexity index is 866. The minimum Gasteiger partial charge on any atom is -0.388 e. The van der Waals surface area contributed by atoms with Crippen molar-refractivity contribution in [3.8, 4) is 11.5 Å². The molecule has 1 unspecified atom stereocenters. The van der Waals surface area contributed by atoms with E-state index in [1.54, 1.807) is 0 Å². The van der Waals surface area contributed by atoms with E-state index in [2.05, 4.69) is 15.5 Å². The molecule has 3 fully saturated rings. The third-order valence-corrected chi connectivity index (χ3v) is 5.41. The van der Waals surface area contributed by atoms with Gasteiger partial charge in [0.2, 0.25) is 5.89 Å². The van der Waals surface area contributed by atoms with Gasteiger partial charge in [-0.05, 0) is 49.8 Å². The lowest BCUT2D eigenvalue weighted by Gasteiger charge is -2.71. The van der Waals surface area contributed by atoms with E-state index in [4.69, 9.17) is 10.2 Å². The Morgan fingerprint density at radius 2 is 2.04 bits per heavy atom. The van der Waals surface area contributed by atoms with Crippen molar-refractivity contribution in [3.05, 3.63) is 34.3 Å². The fourth-order valence-electron chi connectivity index (χ4n) is 4.19. The number of nitrogens with two attached hydrogens (primary N) is 1. The zero-order valence-corrected chi connectivity index (χ0v) is 13.4. The van der Waals surface area contributed by atoms with Crippen LogP contribution in [0.25, 0.3) is 11.5 Å². The van der Waals surface area contributed by atoms with Gasteiger partial charge in [0.1, 0.15) is 0 Å². The number of H-pyrrole nitrogens is 1. The van der Waals surface area contributed by atoms with Gasteiger partial charge in [-0.15, -0.1) is 5.10 Å². The lowest BCUT2D eigenvalue weighted by Crippen LogP contribution is -2.76. The van der Waals surface area contributed by atoms with E-state index in [0.717, 1.165) is 25.3 Å². The molecule has 0 radical (unpaired) electrons. The van der Waals surface area contributed by atoms with Gasteiger partial charge in [0, 0.05) is 22.8 Å². The van der Waals surface area contributed by atoms with Crippen LogP contribution in [0.15, 0.2) is 27.4 Å². The van der Waals surface area contributed by atoms with E-state index in [0.29, 0.717) is 0 Å². The number of hydrogen-bond donors (Lipinski definition) is 3. The number of nitrogens with zero attached hydrogens (tertiary/aromatic N) is 1. The second-order valence-electron chi connectivity index (χ2n) is 7.30. The zero-order valence-electron chi connectivity index (χ0n) is 13.4. The zero-order chi connectivity index (χ0) is 18.0. The molecule has 25 heavy (non-hydrogen) atoms. The number of aromatic amines is 1. The van der Waals surface area contributed by atoms with Crippen molar-refractivity contribution in [2.45, 2.75) is 43.9 Å². The Labute approximate surface area is 140 Å². The van der Waals surface area contributed by atoms with Crippen molar-refractivity contribution >= 4 is 5.69 Å². The van der Waals surface area contributed by atoms with Crippen LogP contribution in [0.4, 0.5) is 18.9 Å². The van der Waals surface area contributed by atoms with Gasteiger partial charge in [0.25, 0.3) is 0 Å². The normalized spacial score (nSPS) is 28.8. The summed E-state index contributed by atoms with van der Waals surface area (Å²) in [7, 11) is 0. The molecule has 5 rings (SSSR count). The van der Waals surface area contributed by atoms with E-state index in [1.807, 2.05) is 6.92 Å². The summed E-state index contributed by atoms with van der Waals surface area (Å²) in [4.78, 5) is 11.1. The van der Waals surface area contributed by atoms with Crippen LogP contribution in [-0.2, 0) is 6.18 Å². The Morgan fingerprint density at radius 3 is 2.56 bits per heavy atom. The summed E-state index contributed by atoms with van der Waals surface area (Å²) in [5, 5.41) is 8.76. The molecule has 3 aliphatic rings. The number of aromatic nitrogens is 2. The Balaban J connectivity index is 1.67. The number of halogens is 3. The molecule has 0 aliphatic heterocycles. The average molecular weight is 354 g/mol. The summed E-state index contributed by atoms with van der Waals surface area (Å²) in [6.07, 6.45) is -2.03. The van der Waals surface area contributed by atoms with Gasteiger partial charge in [-0.25, -0.2) is 9.89 Å². The summed E-state index contributed by atoms with van der Waals surface area (Å²) in [5.41, 5.74) is 5.35. The molecule has 0 spiro atoms. The minimum absolute atomic E-state index is 0.0352. The molecule has 9 heteroatoms. The van der Waals surface area contributed by atoms with Gasteiger partial charge in [-0.2, -0.15) is 13.2 Å². The SMILES string of the molecule is CC(Nc1cc(-c2n[nH]c(=O)o2)ccc1C(F)(F)F)C12CC(N)(C1)C2. The maximum Gasteiger partial charge on any atom is 0.434 e. The van der Waals surface area contributed by atoms with Crippen LogP contribution < -0.4 is 16.8 Å². The molecule has 1 aromatic heterocycles. The first-order valence-corrected chi connectivity index (χ1v) is 7.93. The monoisotopic (exact) mass is 354 g/mol. The predicted octanol–water partition coefficient (Wildman–Crippen LogP) is 2.73. The number of alkyl halides is 3. The second-order valence-corrected chi connectivity index (χ2v) is 7.30. The number of benzene rings is 1. The number of hydrogen-bond acceptors (Lipinski definition) is 5. The Kier molecular flexibility index (Phi) is 3.16. The molecular formula is C16H17F3N4O2. The molecule has 3 aliphatic carbocycles. The lowest BCUT2D eigenvalue weighted by atomic mass is 9.37. The van der Waals surface area contributed by atoms with Gasteiger partial charge in [0.05, 0.1) is 5.56 Å². The van der Waals surface area contributed by atoms with Crippen LogP contribution in [0.3, 0.4) is 0 Å². The molecule has 6 nitrogen and oxygen atoms in total. The molecule has 4 N–H and O–H groups in total. The molecule has 3 saturated carbocycles. The van der Waals surface area contributed by atoms with Gasteiger partial charge >= 0.3 is 11.9 Å². The Morgan fingerprint density at radius 1 is 1.36 bits per heavy atom. The lowest BCUT2D eigenvalue weighted by molar-refractivity contribution is -0.142. The molecular weight excluding hydrogens is 337 g/mol. The topological polar surface area (TPSA) is 96.9 Å². The highest BCUT2D eigenvalue weighted by atomic mass is 19.4. The molecule has 1 aromatic carbocycles. The third kappa shape index (κ3) is 2.53. The largest absolute Gasteiger partial charge is 0.434 e. The summed E-state index contributed by atoms with van der Waals surface area (Å²) in [6.45, 7) is 1.88. The van der Waals surface area contributed by atoms with Crippen molar-refractivity contribution < 1.29 is 17.6 Å². The van der Waals surface area contributed by atoms with Crippen molar-refractivity contribution in [1.82, 2.24) is 10.2 Å². The van der Waals surface area contributed by atoms with E-state index in [1.165, 1.54) is 12.1 Å². The average Bonchev–Trinajstić information content (AvgIpc) is 2.88. The quantitative estimate of drug-likeness (QED) is 0.784. The van der Waals surface area contributed by atoms with Gasteiger partial charge in [0.15, 0.2) is 0 Å². The maximum atomic E-state index is 13.3. The highest BCUT2D eigenvalue weighted by Crippen LogP contribution is 2.67. The summed E-state index contributed by atoms with van der Waals surface area (Å²) in [6, 6.07) is 3.35. The van der Waals surface area contributed by atoms with Crippen LogP contribution >= 0.6 is 0 Å². The number of anilines is 1. The fraction of sp³-hybridized carbons (Fsp3) is 0.500. The summed E-state index contributed by atoms with van der Waals surface area (Å²) >= 11 is 0. The van der Waals surface area contributed by atoms with E-state index >= 15 is 0 Å². The predicted molar refractivity (Wildman–Crippen MR) is 83.8 cm³/mol. The third-order valence-electron chi connectivity index (χ3n) is 5.41. The molecule has 2 aromatic rings. The van der Waals surface area contributed by atoms with E-state index in [-0.39, 0.29) is 34.1 Å². The van der Waals surface area contributed by atoms with Crippen molar-refractivity contribution in [3.63, 3.8) is 0 Å². The molecule has 0 amide bonds. The number of rotatable bonds is 4. The molecule has 2 bridgehead atoms. The fourth-order valence-corrected chi connectivity index (χ4v) is 4.19. The second kappa shape index (κ2) is 4.87. The summed E-state index contributed by atoms with van der Waals surface area (Å²) in [5.74, 6) is -0.819. The van der Waals surface area contributed by atoms with Gasteiger partial charge in [-0.1, -0.05) is 0 Å². The molecule has 134 valence electrons. The first-order chi connectivity index (χ1) is 11.6. The van der Waals surface area contributed by atoms with Crippen molar-refractivity contribution in [2.75, 3.05) is 5.32 Å². The van der Waals surface area contributed by atoms with Crippen molar-refractivity contribution in [2.24, 2.45) is 11.1 Å². The first-order valence-electron chi connectivity index (χ1n) is 7.93. The number of nitrogens with one attached hydrogen (secondary N) is 2. The van der Waals surface area contributed by atoms with Crippen LogP contribution in [0, 0.1) is 5.41 Å². The van der Waals surface area contributed by atoms with E-state index < -0.39 is 17.5 Å². The van der Waals surface area contributed by atoms with Crippen LogP contribution in [-0.4, -0.2) is 21.8 Å². The van der Waals surface area contributed by atoms with Crippen LogP contribution in [0.2, 0.25) is 0 Å². The molecule has 1 heterocycles. The van der Waals surface area contributed by atoms with Gasteiger partial charge < -0.3 is 15.5 Å². The standard InChI is InChI=1S/C16H17F3N4O2/c1-8(14-5-15(20,6-14)7-14)21-11-4-9(12-22-23-13(24)25-12)2-3-10(11)16(17,18)19/h2-4,8,21H,5-7,20H2,1H3,(H,23,24). The smallest absolute Gasteiger partial charge is 0.388 e. The highest BCUT2D eigenvalue weighted by molar-refractivity contribution is 5.65. The highest BCUT2D eigenvalue weighted by Gasteiger charge is 2.67. The molecule has 0 saturated heterocycles. The van der Waals surface area contributed by atoms with Crippen LogP contribution in [0.5, 0.6) is 0 Å². The van der Waals surface area contributed by atoms with E-state index in [9.17, 15) is 18.0 Å². The van der Waals surface area contributed by atoms with Gasteiger partial charge in [-0.3, -0.25) is 0 Å². The van der Waals surface area contributed by atoms with Crippen LogP contribution in [0.1, 0.15) is 31.7 Å². The summed E-state index contributed by atoms with van der Waals surface area (Å²) < 4.78 is 44.9. The first kappa shape index (κ1) is 16.2. The molecule has 1 atom stereocenters. The maximum absolute atomic E-state index is 13.3. The van der Waals surface area contributed by atoms with Crippen molar-refractivity contribution in [1.29, 1.82) is 0 Å². The Hall–Kier alpha value is -2.29.